The first-order valence-corrected chi connectivity index (χ1v) is 15.1. The van der Waals surface area contributed by atoms with E-state index in [0.717, 1.165) is 31.7 Å². The fourth-order valence-corrected chi connectivity index (χ4v) is 4.75. The molecule has 2 aromatic rings. The highest BCUT2D eigenvalue weighted by Crippen LogP contribution is 2.33. The highest BCUT2D eigenvalue weighted by Gasteiger charge is 2.38. The second kappa shape index (κ2) is 18.7. The van der Waals surface area contributed by atoms with Gasteiger partial charge >= 0.3 is 12.1 Å². The molecule has 0 aliphatic rings. The van der Waals surface area contributed by atoms with Gasteiger partial charge in [-0.3, -0.25) is 0 Å². The number of rotatable bonds is 20. The highest BCUT2D eigenvalue weighted by molar-refractivity contribution is 5.90. The van der Waals surface area contributed by atoms with Crippen molar-refractivity contribution in [2.45, 2.75) is 110 Å². The molecule has 8 heteroatoms. The number of halogens is 5. The maximum atomic E-state index is 14.9. The zero-order valence-electron chi connectivity index (χ0n) is 24.5. The first-order chi connectivity index (χ1) is 19.7. The molecule has 1 atom stereocenters. The molecule has 0 aliphatic heterocycles. The van der Waals surface area contributed by atoms with Crippen molar-refractivity contribution in [1.82, 2.24) is 0 Å². The van der Waals surface area contributed by atoms with Gasteiger partial charge in [0.05, 0.1) is 24.7 Å². The van der Waals surface area contributed by atoms with Gasteiger partial charge in [-0.25, -0.2) is 13.6 Å². The lowest BCUT2D eigenvalue weighted by Gasteiger charge is -2.20. The van der Waals surface area contributed by atoms with Crippen LogP contribution >= 0.6 is 0 Å². The van der Waals surface area contributed by atoms with Crippen molar-refractivity contribution in [1.29, 1.82) is 0 Å². The summed E-state index contributed by atoms with van der Waals surface area (Å²) in [4.78, 5) is 12.3. The molecule has 0 spiro atoms. The van der Waals surface area contributed by atoms with E-state index in [1.807, 2.05) is 6.92 Å². The van der Waals surface area contributed by atoms with Gasteiger partial charge in [0.15, 0.2) is 11.6 Å². The van der Waals surface area contributed by atoms with Crippen molar-refractivity contribution in [3.63, 3.8) is 0 Å². The summed E-state index contributed by atoms with van der Waals surface area (Å²) >= 11 is 0. The molecule has 0 bridgehead atoms. The monoisotopic (exact) mass is 584 g/mol. The predicted molar refractivity (Wildman–Crippen MR) is 153 cm³/mol. The van der Waals surface area contributed by atoms with Crippen LogP contribution in [0.2, 0.25) is 0 Å². The molecule has 41 heavy (non-hydrogen) atoms. The number of benzene rings is 2. The Labute approximate surface area is 241 Å². The van der Waals surface area contributed by atoms with Crippen molar-refractivity contribution in [3.8, 4) is 16.9 Å². The van der Waals surface area contributed by atoms with Crippen LogP contribution < -0.4 is 4.74 Å². The van der Waals surface area contributed by atoms with Crippen molar-refractivity contribution in [2.24, 2.45) is 5.92 Å². The van der Waals surface area contributed by atoms with Crippen molar-refractivity contribution in [3.05, 3.63) is 53.6 Å². The zero-order valence-corrected chi connectivity index (χ0v) is 24.5. The molecule has 1 unspecified atom stereocenters. The van der Waals surface area contributed by atoms with Crippen molar-refractivity contribution >= 4 is 5.97 Å². The summed E-state index contributed by atoms with van der Waals surface area (Å²) in [7, 11) is 0. The van der Waals surface area contributed by atoms with E-state index in [2.05, 4.69) is 6.92 Å². The van der Waals surface area contributed by atoms with Crippen LogP contribution in [-0.4, -0.2) is 25.4 Å². The number of hydrogen-bond donors (Lipinski definition) is 0. The largest absolute Gasteiger partial charge is 0.494 e. The third-order valence-corrected chi connectivity index (χ3v) is 7.30. The number of carbonyl (C=O) groups is 1. The quantitative estimate of drug-likeness (QED) is 0.0882. The summed E-state index contributed by atoms with van der Waals surface area (Å²) in [6.45, 7) is 4.23. The topological polar surface area (TPSA) is 35.5 Å². The molecular formula is C33H45F5O3. The molecule has 0 aromatic heterocycles. The van der Waals surface area contributed by atoms with Crippen LogP contribution in [0.15, 0.2) is 36.4 Å². The smallest absolute Gasteiger partial charge is 0.391 e. The van der Waals surface area contributed by atoms with Crippen molar-refractivity contribution < 1.29 is 36.2 Å². The lowest BCUT2D eigenvalue weighted by Crippen LogP contribution is -2.25. The first kappa shape index (κ1) is 34.6. The molecule has 0 N–H and O–H groups in total. The van der Waals surface area contributed by atoms with Gasteiger partial charge in [-0.05, 0) is 43.0 Å². The Bertz CT molecular complexity index is 1020. The minimum absolute atomic E-state index is 0.0436. The van der Waals surface area contributed by atoms with Crippen LogP contribution in [0.25, 0.3) is 11.1 Å². The second-order valence-electron chi connectivity index (χ2n) is 10.6. The highest BCUT2D eigenvalue weighted by atomic mass is 19.4. The van der Waals surface area contributed by atoms with Gasteiger partial charge in [0.25, 0.3) is 0 Å². The minimum atomic E-state index is -4.41. The molecule has 0 radical (unpaired) electrons. The normalized spacial score (nSPS) is 12.4. The SMILES string of the molecule is CCCCCCCCCCOc1ccc(-c2ccc(C(=O)OCCC(CCCCCC)C(F)(F)F)c(F)c2F)cc1. The molecule has 2 rings (SSSR count). The van der Waals surface area contributed by atoms with Crippen LogP contribution in [0.4, 0.5) is 22.0 Å². The second-order valence-corrected chi connectivity index (χ2v) is 10.6. The Kier molecular flexibility index (Phi) is 15.8. The molecule has 0 heterocycles. The van der Waals surface area contributed by atoms with Gasteiger partial charge in [0, 0.05) is 5.56 Å². The minimum Gasteiger partial charge on any atom is -0.494 e. The summed E-state index contributed by atoms with van der Waals surface area (Å²) in [5.74, 6) is -4.79. The third-order valence-electron chi connectivity index (χ3n) is 7.30. The van der Waals surface area contributed by atoms with Crippen LogP contribution in [-0.2, 0) is 4.74 Å². The van der Waals surface area contributed by atoms with Crippen molar-refractivity contribution in [2.75, 3.05) is 13.2 Å². The Balaban J connectivity index is 1.86. The molecule has 0 aliphatic carbocycles. The lowest BCUT2D eigenvalue weighted by atomic mass is 9.97. The van der Waals surface area contributed by atoms with Crippen LogP contribution in [0, 0.1) is 17.6 Å². The molecule has 3 nitrogen and oxygen atoms in total. The van der Waals surface area contributed by atoms with E-state index in [1.165, 1.54) is 44.6 Å². The Morgan fingerprint density at radius 2 is 1.29 bits per heavy atom. The third kappa shape index (κ3) is 12.4. The molecule has 0 fully saturated rings. The number of hydrogen-bond acceptors (Lipinski definition) is 3. The fourth-order valence-electron chi connectivity index (χ4n) is 4.75. The fraction of sp³-hybridized carbons (Fsp3) is 0.606. The average molecular weight is 585 g/mol. The van der Waals surface area contributed by atoms with E-state index >= 15 is 0 Å². The predicted octanol–water partition coefficient (Wildman–Crippen LogP) is 10.8. The Morgan fingerprint density at radius 1 is 0.707 bits per heavy atom. The maximum Gasteiger partial charge on any atom is 0.391 e. The molecule has 0 saturated heterocycles. The zero-order chi connectivity index (χ0) is 30.1. The molecule has 0 saturated carbocycles. The van der Waals surface area contributed by atoms with Gasteiger partial charge in [-0.2, -0.15) is 13.2 Å². The molecular weight excluding hydrogens is 539 g/mol. The summed E-state index contributed by atoms with van der Waals surface area (Å²) in [5.41, 5.74) is -0.294. The van der Waals surface area contributed by atoms with E-state index < -0.39 is 48.3 Å². The lowest BCUT2D eigenvalue weighted by molar-refractivity contribution is -0.180. The summed E-state index contributed by atoms with van der Waals surface area (Å²) in [5, 5.41) is 0. The Morgan fingerprint density at radius 3 is 1.90 bits per heavy atom. The number of unbranched alkanes of at least 4 members (excludes halogenated alkanes) is 10. The van der Waals surface area contributed by atoms with Crippen LogP contribution in [0.5, 0.6) is 5.75 Å². The van der Waals surface area contributed by atoms with E-state index in [0.29, 0.717) is 30.8 Å². The molecule has 2 aromatic carbocycles. The average Bonchev–Trinajstić information content (AvgIpc) is 2.94. The first-order valence-electron chi connectivity index (χ1n) is 15.1. The van der Waals surface area contributed by atoms with E-state index in [9.17, 15) is 26.7 Å². The number of esters is 1. The van der Waals surface area contributed by atoms with E-state index in [4.69, 9.17) is 9.47 Å². The van der Waals surface area contributed by atoms with Gasteiger partial charge in [-0.1, -0.05) is 103 Å². The Hall–Kier alpha value is -2.64. The molecule has 230 valence electrons. The number of ether oxygens (including phenoxy) is 2. The maximum absolute atomic E-state index is 14.9. The van der Waals surface area contributed by atoms with Gasteiger partial charge in [0.1, 0.15) is 5.75 Å². The van der Waals surface area contributed by atoms with Gasteiger partial charge in [0.2, 0.25) is 0 Å². The number of carbonyl (C=O) groups excluding carboxylic acids is 1. The summed E-state index contributed by atoms with van der Waals surface area (Å²) in [6.07, 6.45) is 7.60. The summed E-state index contributed by atoms with van der Waals surface area (Å²) < 4.78 is 80.2. The van der Waals surface area contributed by atoms with Crippen LogP contribution in [0.1, 0.15) is 114 Å². The van der Waals surface area contributed by atoms with Gasteiger partial charge < -0.3 is 9.47 Å². The van der Waals surface area contributed by atoms with Crippen LogP contribution in [0.3, 0.4) is 0 Å². The summed E-state index contributed by atoms with van der Waals surface area (Å²) in [6, 6.07) is 8.93. The van der Waals surface area contributed by atoms with E-state index in [-0.39, 0.29) is 12.0 Å². The standard InChI is InChI=1S/C33H45F5O3/c1-3-5-7-9-10-11-12-14-23-40-27-18-16-25(17-19-27)28-20-21-29(31(35)30(28)34)32(39)41-24-22-26(33(36,37)38)15-13-8-6-4-2/h16-21,26H,3-15,22-24H2,1-2H3. The van der Waals surface area contributed by atoms with E-state index in [1.54, 1.807) is 24.3 Å². The van der Waals surface area contributed by atoms with Gasteiger partial charge in [-0.15, -0.1) is 0 Å². The molecule has 0 amide bonds. The number of alkyl halides is 3.